The molecular weight excluding hydrogens is 387 g/mol. The summed E-state index contributed by atoms with van der Waals surface area (Å²) in [7, 11) is 0. The Morgan fingerprint density at radius 1 is 1.36 bits per heavy atom. The number of carbonyl (C=O) groups excluding carboxylic acids is 2. The standard InChI is InChI=1S/C20H24ClFN2O4/c21-16-7-15(22)1-2-17(16)28-10-13-3-5-24(6-4-13)19(26)14-8-20(9-14)12-27-11-18(25)23-20/h1-2,7,13-14H,3-6,8-12H2,(H,23,25)/t14-,20-. The highest BCUT2D eigenvalue weighted by molar-refractivity contribution is 6.32. The van der Waals surface area contributed by atoms with Crippen LogP contribution in [-0.2, 0) is 14.3 Å². The predicted molar refractivity (Wildman–Crippen MR) is 101 cm³/mol. The summed E-state index contributed by atoms with van der Waals surface area (Å²) < 4.78 is 24.2. The monoisotopic (exact) mass is 410 g/mol. The van der Waals surface area contributed by atoms with Crippen molar-refractivity contribution in [2.45, 2.75) is 31.2 Å². The fourth-order valence-corrected chi connectivity index (χ4v) is 4.58. The molecule has 0 aromatic heterocycles. The number of rotatable bonds is 4. The van der Waals surface area contributed by atoms with Crippen LogP contribution < -0.4 is 10.1 Å². The van der Waals surface area contributed by atoms with Crippen molar-refractivity contribution < 1.29 is 23.5 Å². The number of morpholine rings is 1. The number of nitrogens with one attached hydrogen (secondary N) is 1. The molecule has 2 saturated heterocycles. The average Bonchev–Trinajstić information content (AvgIpc) is 2.65. The van der Waals surface area contributed by atoms with Gasteiger partial charge in [-0.15, -0.1) is 0 Å². The van der Waals surface area contributed by atoms with Gasteiger partial charge in [-0.05, 0) is 49.8 Å². The smallest absolute Gasteiger partial charge is 0.246 e. The molecule has 28 heavy (non-hydrogen) atoms. The zero-order chi connectivity index (χ0) is 19.7. The van der Waals surface area contributed by atoms with Crippen LogP contribution in [0, 0.1) is 17.7 Å². The summed E-state index contributed by atoms with van der Waals surface area (Å²) in [6.45, 7) is 2.52. The van der Waals surface area contributed by atoms with Crippen LogP contribution >= 0.6 is 11.6 Å². The number of amides is 2. The normalized spacial score (nSPS) is 28.0. The summed E-state index contributed by atoms with van der Waals surface area (Å²) in [5.41, 5.74) is -0.337. The molecule has 1 aromatic carbocycles. The molecule has 1 N–H and O–H groups in total. The second kappa shape index (κ2) is 7.87. The molecule has 0 radical (unpaired) electrons. The summed E-state index contributed by atoms with van der Waals surface area (Å²) >= 11 is 5.99. The van der Waals surface area contributed by atoms with Crippen molar-refractivity contribution in [3.63, 3.8) is 0 Å². The van der Waals surface area contributed by atoms with Gasteiger partial charge in [-0.1, -0.05) is 11.6 Å². The summed E-state index contributed by atoms with van der Waals surface area (Å²) in [6, 6.07) is 4.10. The highest BCUT2D eigenvalue weighted by Gasteiger charge is 2.51. The van der Waals surface area contributed by atoms with Gasteiger partial charge in [0.1, 0.15) is 18.2 Å². The van der Waals surface area contributed by atoms with Crippen molar-refractivity contribution in [2.24, 2.45) is 11.8 Å². The molecule has 1 saturated carbocycles. The van der Waals surface area contributed by atoms with Gasteiger partial charge in [-0.2, -0.15) is 0 Å². The number of benzene rings is 1. The molecule has 3 aliphatic rings. The Bertz CT molecular complexity index is 761. The van der Waals surface area contributed by atoms with Crippen LogP contribution in [0.1, 0.15) is 25.7 Å². The van der Waals surface area contributed by atoms with Crippen LogP contribution in [0.4, 0.5) is 4.39 Å². The second-order valence-corrected chi connectivity index (χ2v) is 8.49. The maximum atomic E-state index is 13.1. The highest BCUT2D eigenvalue weighted by Crippen LogP contribution is 2.41. The lowest BCUT2D eigenvalue weighted by atomic mass is 9.67. The van der Waals surface area contributed by atoms with Crippen LogP contribution in [0.2, 0.25) is 5.02 Å². The number of piperidine rings is 1. The second-order valence-electron chi connectivity index (χ2n) is 8.08. The Labute approximate surface area is 168 Å². The zero-order valence-corrected chi connectivity index (χ0v) is 16.3. The van der Waals surface area contributed by atoms with Gasteiger partial charge in [0, 0.05) is 19.0 Å². The van der Waals surface area contributed by atoms with E-state index in [1.54, 1.807) is 0 Å². The van der Waals surface area contributed by atoms with E-state index in [0.29, 0.717) is 50.8 Å². The molecule has 152 valence electrons. The minimum Gasteiger partial charge on any atom is -0.492 e. The van der Waals surface area contributed by atoms with Crippen molar-refractivity contribution >= 4 is 23.4 Å². The van der Waals surface area contributed by atoms with E-state index in [-0.39, 0.29) is 40.7 Å². The van der Waals surface area contributed by atoms with Crippen molar-refractivity contribution in [3.8, 4) is 5.75 Å². The third-order valence-corrected chi connectivity index (χ3v) is 6.23. The molecule has 0 unspecified atom stereocenters. The molecule has 1 aliphatic carbocycles. The number of nitrogens with zero attached hydrogens (tertiary/aromatic N) is 1. The van der Waals surface area contributed by atoms with Gasteiger partial charge in [-0.25, -0.2) is 4.39 Å². The van der Waals surface area contributed by atoms with Gasteiger partial charge in [0.25, 0.3) is 0 Å². The van der Waals surface area contributed by atoms with E-state index in [9.17, 15) is 14.0 Å². The van der Waals surface area contributed by atoms with Crippen molar-refractivity contribution in [2.75, 3.05) is 32.9 Å². The summed E-state index contributed by atoms with van der Waals surface area (Å²) in [5.74, 6) is 0.474. The number of halogens is 2. The van der Waals surface area contributed by atoms with Crippen LogP contribution in [0.15, 0.2) is 18.2 Å². The molecule has 3 fully saturated rings. The Kier molecular flexibility index (Phi) is 5.47. The maximum Gasteiger partial charge on any atom is 0.246 e. The predicted octanol–water partition coefficient (Wildman–Crippen LogP) is 2.39. The summed E-state index contributed by atoms with van der Waals surface area (Å²) in [6.07, 6.45) is 3.04. The lowest BCUT2D eigenvalue weighted by Gasteiger charge is -2.50. The lowest BCUT2D eigenvalue weighted by Crippen LogP contribution is -2.66. The number of hydrogen-bond donors (Lipinski definition) is 1. The number of hydrogen-bond acceptors (Lipinski definition) is 4. The molecule has 2 amide bonds. The number of carbonyl (C=O) groups is 2. The molecule has 8 heteroatoms. The van der Waals surface area contributed by atoms with E-state index in [2.05, 4.69) is 5.32 Å². The fraction of sp³-hybridized carbons (Fsp3) is 0.600. The van der Waals surface area contributed by atoms with E-state index >= 15 is 0 Å². The van der Waals surface area contributed by atoms with Gasteiger partial charge in [0.05, 0.1) is 23.8 Å². The SMILES string of the molecule is O=C1COC[C@]2(C[C@@H](C(=O)N3CCC(COc4ccc(F)cc4Cl)CC3)C2)N1. The number of likely N-dealkylation sites (tertiary alicyclic amines) is 1. The first-order valence-corrected chi connectivity index (χ1v) is 10.1. The minimum atomic E-state index is -0.388. The molecule has 1 aromatic rings. The van der Waals surface area contributed by atoms with Gasteiger partial charge in [0.2, 0.25) is 11.8 Å². The Morgan fingerprint density at radius 3 is 2.79 bits per heavy atom. The lowest BCUT2D eigenvalue weighted by molar-refractivity contribution is -0.153. The van der Waals surface area contributed by atoms with Crippen LogP contribution in [0.3, 0.4) is 0 Å². The highest BCUT2D eigenvalue weighted by atomic mass is 35.5. The number of ether oxygens (including phenoxy) is 2. The van der Waals surface area contributed by atoms with Crippen molar-refractivity contribution in [1.82, 2.24) is 10.2 Å². The molecule has 0 atom stereocenters. The molecule has 0 bridgehead atoms. The third kappa shape index (κ3) is 4.10. The first-order chi connectivity index (χ1) is 13.4. The molecule has 4 rings (SSSR count). The Hall–Kier alpha value is -1.86. The van der Waals surface area contributed by atoms with E-state index in [1.807, 2.05) is 4.90 Å². The largest absolute Gasteiger partial charge is 0.492 e. The summed E-state index contributed by atoms with van der Waals surface area (Å²) in [5, 5.41) is 3.25. The minimum absolute atomic E-state index is 0.0344. The first-order valence-electron chi connectivity index (χ1n) is 9.69. The van der Waals surface area contributed by atoms with Crippen LogP contribution in [0.5, 0.6) is 5.75 Å². The fourth-order valence-electron chi connectivity index (χ4n) is 4.36. The van der Waals surface area contributed by atoms with Gasteiger partial charge < -0.3 is 19.7 Å². The Balaban J connectivity index is 1.21. The van der Waals surface area contributed by atoms with Gasteiger partial charge in [0.15, 0.2) is 0 Å². The third-order valence-electron chi connectivity index (χ3n) is 5.93. The maximum absolute atomic E-state index is 13.1. The van der Waals surface area contributed by atoms with E-state index in [4.69, 9.17) is 21.1 Å². The summed E-state index contributed by atoms with van der Waals surface area (Å²) in [4.78, 5) is 26.2. The van der Waals surface area contributed by atoms with Crippen molar-refractivity contribution in [1.29, 1.82) is 0 Å². The first kappa shape index (κ1) is 19.5. The molecule has 6 nitrogen and oxygen atoms in total. The molecule has 2 aliphatic heterocycles. The topological polar surface area (TPSA) is 67.9 Å². The molecule has 1 spiro atoms. The molecule has 2 heterocycles. The quantitative estimate of drug-likeness (QED) is 0.827. The van der Waals surface area contributed by atoms with Gasteiger partial charge in [-0.3, -0.25) is 9.59 Å². The zero-order valence-electron chi connectivity index (χ0n) is 15.6. The average molecular weight is 411 g/mol. The molecular formula is C20H24ClFN2O4. The Morgan fingerprint density at radius 2 is 2.11 bits per heavy atom. The van der Waals surface area contributed by atoms with E-state index in [1.165, 1.54) is 18.2 Å². The van der Waals surface area contributed by atoms with Crippen molar-refractivity contribution in [3.05, 3.63) is 29.0 Å². The van der Waals surface area contributed by atoms with Crippen LogP contribution in [-0.4, -0.2) is 55.2 Å². The van der Waals surface area contributed by atoms with Crippen LogP contribution in [0.25, 0.3) is 0 Å². The van der Waals surface area contributed by atoms with Gasteiger partial charge >= 0.3 is 0 Å². The van der Waals surface area contributed by atoms with E-state index in [0.717, 1.165) is 12.8 Å². The van der Waals surface area contributed by atoms with E-state index < -0.39 is 0 Å².